The number of H-pyrrole nitrogens is 1. The van der Waals surface area contributed by atoms with Crippen LogP contribution in [-0.2, 0) is 0 Å². The number of aryl methyl sites for hydroxylation is 1. The van der Waals surface area contributed by atoms with Crippen LogP contribution >= 0.6 is 11.6 Å². The summed E-state index contributed by atoms with van der Waals surface area (Å²) < 4.78 is 5.12. The lowest BCUT2D eigenvalue weighted by molar-refractivity contribution is 0.102. The van der Waals surface area contributed by atoms with Gasteiger partial charge in [-0.15, -0.1) is 0 Å². The first kappa shape index (κ1) is 12.4. The van der Waals surface area contributed by atoms with Gasteiger partial charge in [0.1, 0.15) is 5.75 Å². The Morgan fingerprint density at radius 3 is 2.83 bits per heavy atom. The molecule has 1 amide bonds. The third kappa shape index (κ3) is 2.62. The molecule has 2 N–H and O–H groups in total. The van der Waals surface area contributed by atoms with E-state index in [-0.39, 0.29) is 5.91 Å². The SMILES string of the molecule is COc1ccc(Cl)cc1C(=O)Nc1cc(C)[nH]n1. The number of aromatic nitrogens is 2. The van der Waals surface area contributed by atoms with Crippen molar-refractivity contribution in [2.45, 2.75) is 6.92 Å². The number of hydrogen-bond acceptors (Lipinski definition) is 3. The number of hydrogen-bond donors (Lipinski definition) is 2. The minimum Gasteiger partial charge on any atom is -0.496 e. The number of halogens is 1. The minimum atomic E-state index is -0.319. The van der Waals surface area contributed by atoms with Crippen molar-refractivity contribution in [3.05, 3.63) is 40.5 Å². The number of benzene rings is 1. The van der Waals surface area contributed by atoms with Gasteiger partial charge in [-0.25, -0.2) is 0 Å². The molecule has 0 aliphatic rings. The summed E-state index contributed by atoms with van der Waals surface area (Å²) >= 11 is 5.87. The Kier molecular flexibility index (Phi) is 3.53. The van der Waals surface area contributed by atoms with Crippen molar-refractivity contribution < 1.29 is 9.53 Å². The first-order valence-electron chi connectivity index (χ1n) is 5.27. The van der Waals surface area contributed by atoms with Gasteiger partial charge in [0, 0.05) is 16.8 Å². The Balaban J connectivity index is 2.25. The molecule has 1 aromatic carbocycles. The van der Waals surface area contributed by atoms with Crippen LogP contribution in [0.5, 0.6) is 5.75 Å². The molecule has 6 heteroatoms. The van der Waals surface area contributed by atoms with E-state index in [0.717, 1.165) is 5.69 Å². The summed E-state index contributed by atoms with van der Waals surface area (Å²) in [5.41, 5.74) is 1.23. The van der Waals surface area contributed by atoms with Crippen LogP contribution in [0, 0.1) is 6.92 Å². The van der Waals surface area contributed by atoms with Crippen LogP contribution in [0.25, 0.3) is 0 Å². The molecule has 0 atom stereocenters. The van der Waals surface area contributed by atoms with Gasteiger partial charge in [-0.2, -0.15) is 5.10 Å². The topological polar surface area (TPSA) is 67.0 Å². The van der Waals surface area contributed by atoms with E-state index in [1.165, 1.54) is 7.11 Å². The number of aromatic amines is 1. The van der Waals surface area contributed by atoms with Gasteiger partial charge < -0.3 is 10.1 Å². The highest BCUT2D eigenvalue weighted by Crippen LogP contribution is 2.23. The lowest BCUT2D eigenvalue weighted by Crippen LogP contribution is -2.13. The molecule has 2 aromatic rings. The number of carbonyl (C=O) groups excluding carboxylic acids is 1. The maximum absolute atomic E-state index is 12.1. The number of ether oxygens (including phenoxy) is 1. The van der Waals surface area contributed by atoms with Gasteiger partial charge in [0.15, 0.2) is 5.82 Å². The summed E-state index contributed by atoms with van der Waals surface area (Å²) in [5, 5.41) is 9.80. The average Bonchev–Trinajstić information content (AvgIpc) is 2.74. The molecule has 0 bridgehead atoms. The number of amides is 1. The standard InChI is InChI=1S/C12H12ClN3O2/c1-7-5-11(16-15-7)14-12(17)9-6-8(13)3-4-10(9)18-2/h3-6H,1-2H3,(H2,14,15,16,17). The van der Waals surface area contributed by atoms with Gasteiger partial charge in [0.05, 0.1) is 12.7 Å². The van der Waals surface area contributed by atoms with E-state index in [1.54, 1.807) is 24.3 Å². The van der Waals surface area contributed by atoms with Crippen LogP contribution in [0.2, 0.25) is 5.02 Å². The molecule has 0 saturated heterocycles. The van der Waals surface area contributed by atoms with E-state index < -0.39 is 0 Å². The van der Waals surface area contributed by atoms with Gasteiger partial charge in [0.25, 0.3) is 5.91 Å². The molecule has 0 aliphatic carbocycles. The molecule has 94 valence electrons. The normalized spacial score (nSPS) is 10.2. The molecule has 0 aliphatic heterocycles. The fraction of sp³-hybridized carbons (Fsp3) is 0.167. The van der Waals surface area contributed by atoms with Crippen LogP contribution in [-0.4, -0.2) is 23.2 Å². The lowest BCUT2D eigenvalue weighted by atomic mass is 10.2. The van der Waals surface area contributed by atoms with Crippen molar-refractivity contribution in [2.75, 3.05) is 12.4 Å². The van der Waals surface area contributed by atoms with E-state index in [1.807, 2.05) is 6.92 Å². The first-order chi connectivity index (χ1) is 8.60. The largest absolute Gasteiger partial charge is 0.496 e. The van der Waals surface area contributed by atoms with Crippen molar-refractivity contribution in [1.29, 1.82) is 0 Å². The number of nitrogens with zero attached hydrogens (tertiary/aromatic N) is 1. The van der Waals surface area contributed by atoms with Crippen molar-refractivity contribution >= 4 is 23.3 Å². The predicted molar refractivity (Wildman–Crippen MR) is 69.3 cm³/mol. The molecular weight excluding hydrogens is 254 g/mol. The average molecular weight is 266 g/mol. The Morgan fingerprint density at radius 1 is 1.44 bits per heavy atom. The van der Waals surface area contributed by atoms with Crippen LogP contribution in [0.3, 0.4) is 0 Å². The van der Waals surface area contributed by atoms with Gasteiger partial charge in [0.2, 0.25) is 0 Å². The van der Waals surface area contributed by atoms with Gasteiger partial charge in [-0.1, -0.05) is 11.6 Å². The molecule has 0 unspecified atom stereocenters. The summed E-state index contributed by atoms with van der Waals surface area (Å²) in [6.45, 7) is 1.85. The molecular formula is C12H12ClN3O2. The minimum absolute atomic E-state index is 0.319. The molecule has 5 nitrogen and oxygen atoms in total. The second-order valence-electron chi connectivity index (χ2n) is 3.73. The third-order valence-electron chi connectivity index (χ3n) is 2.35. The zero-order valence-corrected chi connectivity index (χ0v) is 10.7. The second kappa shape index (κ2) is 5.10. The maximum Gasteiger partial charge on any atom is 0.260 e. The molecule has 1 aromatic heterocycles. The Morgan fingerprint density at radius 2 is 2.22 bits per heavy atom. The van der Waals surface area contributed by atoms with E-state index >= 15 is 0 Å². The molecule has 0 saturated carbocycles. The summed E-state index contributed by atoms with van der Waals surface area (Å²) in [7, 11) is 1.50. The predicted octanol–water partition coefficient (Wildman–Crippen LogP) is 2.63. The van der Waals surface area contributed by atoms with E-state index in [4.69, 9.17) is 16.3 Å². The first-order valence-corrected chi connectivity index (χ1v) is 5.65. The van der Waals surface area contributed by atoms with Crippen LogP contribution in [0.15, 0.2) is 24.3 Å². The number of nitrogens with one attached hydrogen (secondary N) is 2. The van der Waals surface area contributed by atoms with Crippen molar-refractivity contribution in [2.24, 2.45) is 0 Å². The zero-order chi connectivity index (χ0) is 13.1. The van der Waals surface area contributed by atoms with Gasteiger partial charge in [-0.3, -0.25) is 9.89 Å². The second-order valence-corrected chi connectivity index (χ2v) is 4.17. The number of anilines is 1. The summed E-state index contributed by atoms with van der Waals surface area (Å²) in [5.74, 6) is 0.601. The monoisotopic (exact) mass is 265 g/mol. The Labute approximate surface area is 109 Å². The maximum atomic E-state index is 12.1. The van der Waals surface area contributed by atoms with Crippen molar-refractivity contribution in [1.82, 2.24) is 10.2 Å². The molecule has 0 fully saturated rings. The van der Waals surface area contributed by atoms with E-state index in [2.05, 4.69) is 15.5 Å². The van der Waals surface area contributed by atoms with E-state index in [0.29, 0.717) is 22.2 Å². The molecule has 2 rings (SSSR count). The summed E-state index contributed by atoms with van der Waals surface area (Å²) in [6.07, 6.45) is 0. The highest BCUT2D eigenvalue weighted by molar-refractivity contribution is 6.31. The van der Waals surface area contributed by atoms with Crippen molar-refractivity contribution in [3.8, 4) is 5.75 Å². The van der Waals surface area contributed by atoms with Crippen LogP contribution in [0.4, 0.5) is 5.82 Å². The Bertz CT molecular complexity index is 580. The molecule has 18 heavy (non-hydrogen) atoms. The zero-order valence-electron chi connectivity index (χ0n) is 9.95. The lowest BCUT2D eigenvalue weighted by Gasteiger charge is -2.08. The number of methoxy groups -OCH3 is 1. The number of carbonyl (C=O) groups is 1. The third-order valence-corrected chi connectivity index (χ3v) is 2.59. The summed E-state index contributed by atoms with van der Waals surface area (Å²) in [4.78, 5) is 12.1. The quantitative estimate of drug-likeness (QED) is 0.896. The van der Waals surface area contributed by atoms with Gasteiger partial charge >= 0.3 is 0 Å². The highest BCUT2D eigenvalue weighted by Gasteiger charge is 2.14. The van der Waals surface area contributed by atoms with Crippen LogP contribution in [0.1, 0.15) is 16.1 Å². The van der Waals surface area contributed by atoms with Crippen LogP contribution < -0.4 is 10.1 Å². The van der Waals surface area contributed by atoms with Crippen molar-refractivity contribution in [3.63, 3.8) is 0 Å². The molecule has 1 heterocycles. The highest BCUT2D eigenvalue weighted by atomic mass is 35.5. The van der Waals surface area contributed by atoms with Gasteiger partial charge in [-0.05, 0) is 25.1 Å². The Hall–Kier alpha value is -2.01. The fourth-order valence-electron chi connectivity index (χ4n) is 1.52. The van der Waals surface area contributed by atoms with E-state index in [9.17, 15) is 4.79 Å². The molecule has 0 radical (unpaired) electrons. The fourth-order valence-corrected chi connectivity index (χ4v) is 1.70. The molecule has 0 spiro atoms. The number of rotatable bonds is 3. The smallest absolute Gasteiger partial charge is 0.260 e. The summed E-state index contributed by atoms with van der Waals surface area (Å²) in [6, 6.07) is 6.59.